The summed E-state index contributed by atoms with van der Waals surface area (Å²) in [6.45, 7) is 1.28. The Labute approximate surface area is 107 Å². The molecule has 0 amide bonds. The molecule has 104 valence electrons. The Morgan fingerprint density at radius 3 is 2.84 bits per heavy atom. The Morgan fingerprint density at radius 2 is 2.32 bits per heavy atom. The topological polar surface area (TPSA) is 114 Å². The van der Waals surface area contributed by atoms with Gasteiger partial charge in [-0.15, -0.1) is 0 Å². The van der Waals surface area contributed by atoms with Crippen LogP contribution in [-0.2, 0) is 15.2 Å². The van der Waals surface area contributed by atoms with Gasteiger partial charge in [-0.2, -0.15) is 0 Å². The normalized spacial score (nSPS) is 40.8. The minimum absolute atomic E-state index is 0.0585. The zero-order valence-electron chi connectivity index (χ0n) is 10.2. The fraction of sp³-hybridized carbons (Fsp3) is 0.636. The van der Waals surface area contributed by atoms with Gasteiger partial charge in [-0.1, -0.05) is 0 Å². The number of aliphatic hydroxyl groups excluding tert-OH is 2. The molecule has 2 fully saturated rings. The van der Waals surface area contributed by atoms with Crippen molar-refractivity contribution in [2.75, 3.05) is 13.2 Å². The van der Waals surface area contributed by atoms with Crippen LogP contribution >= 0.6 is 0 Å². The maximum absolute atomic E-state index is 11.9. The van der Waals surface area contributed by atoms with Crippen molar-refractivity contribution in [3.63, 3.8) is 0 Å². The largest absolute Gasteiger partial charge is 0.394 e. The van der Waals surface area contributed by atoms with Gasteiger partial charge >= 0.3 is 5.69 Å². The third-order valence-corrected chi connectivity index (χ3v) is 4.00. The SMILES string of the molecule is C[C@]12OC[C@@]1(n1ccc(=O)[nH]c1=O)O[C@H](CO)[C@H]2O. The predicted molar refractivity (Wildman–Crippen MR) is 61.6 cm³/mol. The molecular weight excluding hydrogens is 256 g/mol. The Morgan fingerprint density at radius 1 is 1.58 bits per heavy atom. The molecule has 8 nitrogen and oxygen atoms in total. The molecule has 0 aliphatic carbocycles. The maximum atomic E-state index is 11.9. The van der Waals surface area contributed by atoms with Crippen molar-refractivity contribution in [1.29, 1.82) is 0 Å². The number of fused-ring (bicyclic) bond motifs is 1. The van der Waals surface area contributed by atoms with Crippen LogP contribution in [0.5, 0.6) is 0 Å². The minimum Gasteiger partial charge on any atom is -0.394 e. The predicted octanol–water partition coefficient (Wildman–Crippen LogP) is -2.27. The molecule has 1 aromatic rings. The van der Waals surface area contributed by atoms with Gasteiger partial charge in [0.25, 0.3) is 5.56 Å². The van der Waals surface area contributed by atoms with Gasteiger partial charge in [0, 0.05) is 12.3 Å². The zero-order chi connectivity index (χ0) is 13.8. The summed E-state index contributed by atoms with van der Waals surface area (Å²) in [5, 5.41) is 19.3. The van der Waals surface area contributed by atoms with E-state index in [2.05, 4.69) is 4.98 Å². The van der Waals surface area contributed by atoms with E-state index in [1.807, 2.05) is 0 Å². The molecule has 3 rings (SSSR count). The zero-order valence-corrected chi connectivity index (χ0v) is 10.2. The van der Waals surface area contributed by atoms with Gasteiger partial charge in [0.2, 0.25) is 5.72 Å². The molecule has 2 saturated heterocycles. The first kappa shape index (κ1) is 12.5. The van der Waals surface area contributed by atoms with Crippen LogP contribution in [0.2, 0.25) is 0 Å². The molecule has 3 N–H and O–H groups in total. The summed E-state index contributed by atoms with van der Waals surface area (Å²) in [5.74, 6) is 0. The molecular formula is C11H14N2O6. The van der Waals surface area contributed by atoms with Gasteiger partial charge in [-0.25, -0.2) is 4.79 Å². The summed E-state index contributed by atoms with van der Waals surface area (Å²) in [4.78, 5) is 25.1. The highest BCUT2D eigenvalue weighted by Crippen LogP contribution is 2.52. The molecule has 3 heterocycles. The van der Waals surface area contributed by atoms with Gasteiger partial charge in [-0.3, -0.25) is 14.3 Å². The van der Waals surface area contributed by atoms with E-state index in [-0.39, 0.29) is 13.2 Å². The number of aromatic nitrogens is 2. The fourth-order valence-corrected chi connectivity index (χ4v) is 2.76. The molecule has 2 aliphatic rings. The summed E-state index contributed by atoms with van der Waals surface area (Å²) >= 11 is 0. The van der Waals surface area contributed by atoms with Crippen LogP contribution in [-0.4, -0.2) is 50.8 Å². The molecule has 4 atom stereocenters. The molecule has 0 bridgehead atoms. The Balaban J connectivity index is 2.14. The number of nitrogens with one attached hydrogen (secondary N) is 1. The molecule has 2 aliphatic heterocycles. The maximum Gasteiger partial charge on any atom is 0.330 e. The number of hydrogen-bond donors (Lipinski definition) is 3. The Kier molecular flexibility index (Phi) is 2.49. The lowest BCUT2D eigenvalue weighted by molar-refractivity contribution is -0.330. The van der Waals surface area contributed by atoms with E-state index in [0.29, 0.717) is 0 Å². The molecule has 0 saturated carbocycles. The quantitative estimate of drug-likeness (QED) is 0.558. The van der Waals surface area contributed by atoms with Crippen molar-refractivity contribution >= 4 is 0 Å². The molecule has 1 aromatic heterocycles. The standard InChI is InChI=1S/C11H14N2O6/c1-10-8(16)6(4-14)19-11(10,5-18-10)13-3-2-7(15)12-9(13)17/h2-3,6,8,14,16H,4-5H2,1H3,(H,12,15,17)/t6-,8-,10-,11-/m1/s1. The van der Waals surface area contributed by atoms with Crippen LogP contribution in [0.25, 0.3) is 0 Å². The van der Waals surface area contributed by atoms with Crippen molar-refractivity contribution < 1.29 is 19.7 Å². The van der Waals surface area contributed by atoms with E-state index >= 15 is 0 Å². The third kappa shape index (κ3) is 1.36. The minimum atomic E-state index is -1.21. The molecule has 0 spiro atoms. The molecule has 0 radical (unpaired) electrons. The lowest BCUT2D eigenvalue weighted by Gasteiger charge is -2.52. The molecule has 19 heavy (non-hydrogen) atoms. The number of rotatable bonds is 2. The summed E-state index contributed by atoms with van der Waals surface area (Å²) in [6, 6.07) is 1.19. The summed E-state index contributed by atoms with van der Waals surface area (Å²) in [7, 11) is 0. The highest BCUT2D eigenvalue weighted by atomic mass is 16.7. The van der Waals surface area contributed by atoms with Gasteiger partial charge in [-0.05, 0) is 6.92 Å². The van der Waals surface area contributed by atoms with Crippen LogP contribution in [0.4, 0.5) is 0 Å². The lowest BCUT2D eigenvalue weighted by atomic mass is 9.83. The van der Waals surface area contributed by atoms with Crippen LogP contribution in [0.3, 0.4) is 0 Å². The second-order valence-corrected chi connectivity index (χ2v) is 4.94. The summed E-state index contributed by atoms with van der Waals surface area (Å²) in [6.07, 6.45) is -0.606. The first-order valence-corrected chi connectivity index (χ1v) is 5.88. The highest BCUT2D eigenvalue weighted by Gasteiger charge is 2.72. The first-order chi connectivity index (χ1) is 8.94. The van der Waals surface area contributed by atoms with Crippen LogP contribution < -0.4 is 11.2 Å². The van der Waals surface area contributed by atoms with Gasteiger partial charge in [0.15, 0.2) is 0 Å². The number of aliphatic hydroxyl groups is 2. The van der Waals surface area contributed by atoms with Gasteiger partial charge in [0.05, 0.1) is 13.2 Å². The average Bonchev–Trinajstić information content (AvgIpc) is 2.51. The van der Waals surface area contributed by atoms with Crippen molar-refractivity contribution in [2.45, 2.75) is 30.5 Å². The molecule has 8 heteroatoms. The number of H-pyrrole nitrogens is 1. The van der Waals surface area contributed by atoms with Crippen LogP contribution in [0, 0.1) is 0 Å². The van der Waals surface area contributed by atoms with E-state index < -0.39 is 34.8 Å². The van der Waals surface area contributed by atoms with E-state index in [9.17, 15) is 19.8 Å². The average molecular weight is 270 g/mol. The number of ether oxygens (including phenoxy) is 2. The monoisotopic (exact) mass is 270 g/mol. The van der Waals surface area contributed by atoms with E-state index in [1.54, 1.807) is 6.92 Å². The second kappa shape index (κ2) is 3.76. The third-order valence-electron chi connectivity index (χ3n) is 4.00. The number of aromatic amines is 1. The second-order valence-electron chi connectivity index (χ2n) is 4.94. The lowest BCUT2D eigenvalue weighted by Crippen LogP contribution is -2.70. The molecule has 0 unspecified atom stereocenters. The van der Waals surface area contributed by atoms with Gasteiger partial charge in [0.1, 0.15) is 17.8 Å². The number of nitrogens with zero attached hydrogens (tertiary/aromatic N) is 1. The Bertz CT molecular complexity index is 624. The van der Waals surface area contributed by atoms with E-state index in [4.69, 9.17) is 9.47 Å². The van der Waals surface area contributed by atoms with Crippen molar-refractivity contribution in [2.24, 2.45) is 0 Å². The summed E-state index contributed by atoms with van der Waals surface area (Å²) in [5.41, 5.74) is -3.51. The van der Waals surface area contributed by atoms with Crippen molar-refractivity contribution in [1.82, 2.24) is 9.55 Å². The van der Waals surface area contributed by atoms with E-state index in [1.165, 1.54) is 16.8 Å². The smallest absolute Gasteiger partial charge is 0.330 e. The first-order valence-electron chi connectivity index (χ1n) is 5.88. The highest BCUT2D eigenvalue weighted by molar-refractivity contribution is 5.15. The summed E-state index contributed by atoms with van der Waals surface area (Å²) < 4.78 is 12.2. The van der Waals surface area contributed by atoms with Crippen molar-refractivity contribution in [3.8, 4) is 0 Å². The van der Waals surface area contributed by atoms with Crippen LogP contribution in [0.1, 0.15) is 6.92 Å². The molecule has 0 aromatic carbocycles. The number of hydrogen-bond acceptors (Lipinski definition) is 6. The van der Waals surface area contributed by atoms with Gasteiger partial charge < -0.3 is 19.7 Å². The van der Waals surface area contributed by atoms with E-state index in [0.717, 1.165) is 0 Å². The Hall–Kier alpha value is -1.48. The fourth-order valence-electron chi connectivity index (χ4n) is 2.76. The van der Waals surface area contributed by atoms with Crippen LogP contribution in [0.15, 0.2) is 21.9 Å². The van der Waals surface area contributed by atoms with Crippen molar-refractivity contribution in [3.05, 3.63) is 33.1 Å².